The lowest BCUT2D eigenvalue weighted by molar-refractivity contribution is -0.384. The molecule has 2 N–H and O–H groups in total. The predicted molar refractivity (Wildman–Crippen MR) is 102 cm³/mol. The van der Waals surface area contributed by atoms with Gasteiger partial charge in [0.1, 0.15) is 6.04 Å². The van der Waals surface area contributed by atoms with E-state index in [2.05, 4.69) is 22.5 Å². The Labute approximate surface area is 159 Å². The van der Waals surface area contributed by atoms with Crippen LogP contribution in [-0.4, -0.2) is 53.9 Å². The second kappa shape index (κ2) is 10.0. The molecule has 0 aliphatic carbocycles. The van der Waals surface area contributed by atoms with E-state index in [9.17, 15) is 19.7 Å². The molecule has 1 fully saturated rings. The van der Waals surface area contributed by atoms with E-state index >= 15 is 0 Å². The van der Waals surface area contributed by atoms with Gasteiger partial charge in [0, 0.05) is 24.2 Å². The second-order valence-electron chi connectivity index (χ2n) is 7.17. The van der Waals surface area contributed by atoms with E-state index < -0.39 is 16.9 Å². The molecular weight excluding hydrogens is 348 g/mol. The molecule has 0 bridgehead atoms. The normalized spacial score (nSPS) is 16.5. The summed E-state index contributed by atoms with van der Waals surface area (Å²) < 4.78 is 0. The van der Waals surface area contributed by atoms with Crippen LogP contribution in [0, 0.1) is 16.0 Å². The van der Waals surface area contributed by atoms with Gasteiger partial charge >= 0.3 is 0 Å². The number of likely N-dealkylation sites (tertiary alicyclic amines) is 1. The lowest BCUT2D eigenvalue weighted by Gasteiger charge is -2.30. The number of nitrogens with one attached hydrogen (secondary N) is 2. The SMILES string of the molecule is CC1CCN(CCCNC(=O)C(C)NC(=O)c2cccc([N+](=O)[O-])c2)CC1. The Morgan fingerprint density at radius 1 is 1.33 bits per heavy atom. The summed E-state index contributed by atoms with van der Waals surface area (Å²) in [6, 6.07) is 4.72. The summed E-state index contributed by atoms with van der Waals surface area (Å²) in [5.41, 5.74) is -0.00459. The number of piperidine rings is 1. The first kappa shape index (κ1) is 20.8. The van der Waals surface area contributed by atoms with Crippen LogP contribution in [-0.2, 0) is 4.79 Å². The number of hydrogen-bond acceptors (Lipinski definition) is 5. The van der Waals surface area contributed by atoms with Crippen LogP contribution in [0.25, 0.3) is 0 Å². The van der Waals surface area contributed by atoms with Gasteiger partial charge in [0.25, 0.3) is 11.6 Å². The number of carbonyl (C=O) groups excluding carboxylic acids is 2. The van der Waals surface area contributed by atoms with E-state index in [1.54, 1.807) is 6.92 Å². The minimum atomic E-state index is -0.715. The van der Waals surface area contributed by atoms with Gasteiger partial charge in [0.05, 0.1) is 4.92 Å². The van der Waals surface area contributed by atoms with Crippen LogP contribution in [0.15, 0.2) is 24.3 Å². The van der Waals surface area contributed by atoms with E-state index in [0.29, 0.717) is 6.54 Å². The topological polar surface area (TPSA) is 105 Å². The summed E-state index contributed by atoms with van der Waals surface area (Å²) in [6.45, 7) is 7.62. The van der Waals surface area contributed by atoms with Crippen molar-refractivity contribution in [2.45, 2.75) is 39.2 Å². The van der Waals surface area contributed by atoms with Crippen LogP contribution in [0.1, 0.15) is 43.5 Å². The summed E-state index contributed by atoms with van der Waals surface area (Å²) in [4.78, 5) is 37.0. The maximum absolute atomic E-state index is 12.2. The highest BCUT2D eigenvalue weighted by Gasteiger charge is 2.18. The van der Waals surface area contributed by atoms with Crippen molar-refractivity contribution in [3.8, 4) is 0 Å². The maximum Gasteiger partial charge on any atom is 0.270 e. The van der Waals surface area contributed by atoms with Crippen molar-refractivity contribution in [2.75, 3.05) is 26.2 Å². The number of nitro benzene ring substituents is 1. The monoisotopic (exact) mass is 376 g/mol. The molecule has 1 unspecified atom stereocenters. The van der Waals surface area contributed by atoms with Gasteiger partial charge in [0.2, 0.25) is 5.91 Å². The standard InChI is InChI=1S/C19H28N4O4/c1-14-7-11-22(12-8-14)10-4-9-20-18(24)15(2)21-19(25)16-5-3-6-17(13-16)23(26)27/h3,5-6,13-15H,4,7-12H2,1-2H3,(H,20,24)(H,21,25). The predicted octanol–water partition coefficient (Wildman–Crippen LogP) is 1.95. The number of non-ortho nitro benzene ring substituents is 1. The number of nitro groups is 1. The Hall–Kier alpha value is -2.48. The fourth-order valence-electron chi connectivity index (χ4n) is 3.06. The van der Waals surface area contributed by atoms with Crippen LogP contribution in [0.5, 0.6) is 0 Å². The average Bonchev–Trinajstić information content (AvgIpc) is 2.66. The van der Waals surface area contributed by atoms with Gasteiger partial charge < -0.3 is 15.5 Å². The molecule has 1 aromatic carbocycles. The molecule has 1 aliphatic heterocycles. The Bertz CT molecular complexity index is 671. The Morgan fingerprint density at radius 2 is 2.04 bits per heavy atom. The molecular formula is C19H28N4O4. The summed E-state index contributed by atoms with van der Waals surface area (Å²) in [7, 11) is 0. The van der Waals surface area contributed by atoms with E-state index in [0.717, 1.165) is 32.0 Å². The fraction of sp³-hybridized carbons (Fsp3) is 0.579. The highest BCUT2D eigenvalue weighted by atomic mass is 16.6. The summed E-state index contributed by atoms with van der Waals surface area (Å²) in [5.74, 6) is 0.0290. The van der Waals surface area contributed by atoms with Gasteiger partial charge in [-0.3, -0.25) is 19.7 Å². The molecule has 0 radical (unpaired) electrons. The first-order valence-corrected chi connectivity index (χ1v) is 9.42. The minimum Gasteiger partial charge on any atom is -0.354 e. The van der Waals surface area contributed by atoms with E-state index in [-0.39, 0.29) is 17.2 Å². The van der Waals surface area contributed by atoms with Crippen molar-refractivity contribution in [2.24, 2.45) is 5.92 Å². The number of carbonyl (C=O) groups is 2. The van der Waals surface area contributed by atoms with Crippen LogP contribution in [0.4, 0.5) is 5.69 Å². The van der Waals surface area contributed by atoms with Crippen LogP contribution < -0.4 is 10.6 Å². The van der Waals surface area contributed by atoms with E-state index in [4.69, 9.17) is 0 Å². The zero-order valence-electron chi connectivity index (χ0n) is 15.9. The molecule has 2 rings (SSSR count). The molecule has 1 aliphatic rings. The largest absolute Gasteiger partial charge is 0.354 e. The number of benzene rings is 1. The van der Waals surface area contributed by atoms with Crippen LogP contribution >= 0.6 is 0 Å². The maximum atomic E-state index is 12.2. The molecule has 148 valence electrons. The molecule has 0 aromatic heterocycles. The van der Waals surface area contributed by atoms with Gasteiger partial charge in [0.15, 0.2) is 0 Å². The molecule has 8 nitrogen and oxygen atoms in total. The summed E-state index contributed by atoms with van der Waals surface area (Å²) in [5, 5.41) is 16.2. The number of hydrogen-bond donors (Lipinski definition) is 2. The third kappa shape index (κ3) is 6.63. The van der Waals surface area contributed by atoms with Gasteiger partial charge in [-0.05, 0) is 57.8 Å². The van der Waals surface area contributed by atoms with E-state index in [1.807, 2.05) is 0 Å². The molecule has 1 heterocycles. The van der Waals surface area contributed by atoms with Crippen molar-refractivity contribution < 1.29 is 14.5 Å². The smallest absolute Gasteiger partial charge is 0.270 e. The minimum absolute atomic E-state index is 0.156. The van der Waals surface area contributed by atoms with Crippen molar-refractivity contribution in [1.82, 2.24) is 15.5 Å². The molecule has 27 heavy (non-hydrogen) atoms. The highest BCUT2D eigenvalue weighted by molar-refractivity contribution is 5.97. The van der Waals surface area contributed by atoms with Gasteiger partial charge in [-0.15, -0.1) is 0 Å². The fourth-order valence-corrected chi connectivity index (χ4v) is 3.06. The number of amides is 2. The zero-order valence-corrected chi connectivity index (χ0v) is 15.9. The second-order valence-corrected chi connectivity index (χ2v) is 7.17. The molecule has 1 saturated heterocycles. The van der Waals surface area contributed by atoms with Crippen molar-refractivity contribution in [3.05, 3.63) is 39.9 Å². The van der Waals surface area contributed by atoms with Crippen molar-refractivity contribution in [1.29, 1.82) is 0 Å². The third-order valence-electron chi connectivity index (χ3n) is 4.89. The van der Waals surface area contributed by atoms with Crippen LogP contribution in [0.2, 0.25) is 0 Å². The van der Waals surface area contributed by atoms with E-state index in [1.165, 1.54) is 37.1 Å². The molecule has 0 saturated carbocycles. The van der Waals surface area contributed by atoms with Crippen molar-refractivity contribution >= 4 is 17.5 Å². The molecule has 8 heteroatoms. The quantitative estimate of drug-likeness (QED) is 0.410. The average molecular weight is 376 g/mol. The van der Waals surface area contributed by atoms with Crippen LogP contribution in [0.3, 0.4) is 0 Å². The number of rotatable bonds is 8. The molecule has 1 aromatic rings. The van der Waals surface area contributed by atoms with Gasteiger partial charge in [-0.2, -0.15) is 0 Å². The van der Waals surface area contributed by atoms with Gasteiger partial charge in [-0.1, -0.05) is 13.0 Å². The highest BCUT2D eigenvalue weighted by Crippen LogP contribution is 2.15. The molecule has 0 spiro atoms. The molecule has 2 amide bonds. The lowest BCUT2D eigenvalue weighted by Crippen LogP contribution is -2.45. The first-order valence-electron chi connectivity index (χ1n) is 9.42. The Balaban J connectivity index is 1.71. The zero-order chi connectivity index (χ0) is 19.8. The van der Waals surface area contributed by atoms with Crippen molar-refractivity contribution in [3.63, 3.8) is 0 Å². The third-order valence-corrected chi connectivity index (χ3v) is 4.89. The number of nitrogens with zero attached hydrogens (tertiary/aromatic N) is 2. The lowest BCUT2D eigenvalue weighted by atomic mass is 9.99. The summed E-state index contributed by atoms with van der Waals surface area (Å²) >= 11 is 0. The Morgan fingerprint density at radius 3 is 2.70 bits per heavy atom. The molecule has 1 atom stereocenters. The van der Waals surface area contributed by atoms with Gasteiger partial charge in [-0.25, -0.2) is 0 Å². The summed E-state index contributed by atoms with van der Waals surface area (Å²) in [6.07, 6.45) is 3.33. The Kier molecular flexibility index (Phi) is 7.72. The first-order chi connectivity index (χ1) is 12.9.